The van der Waals surface area contributed by atoms with E-state index in [4.69, 9.17) is 4.74 Å². The van der Waals surface area contributed by atoms with E-state index in [0.717, 1.165) is 31.5 Å². The summed E-state index contributed by atoms with van der Waals surface area (Å²) in [7, 11) is 0. The molecule has 2 heterocycles. The van der Waals surface area contributed by atoms with Crippen LogP contribution in [0.4, 0.5) is 0 Å². The number of hydrogen-bond acceptors (Lipinski definition) is 5. The van der Waals surface area contributed by atoms with Gasteiger partial charge in [0, 0.05) is 19.0 Å². The van der Waals surface area contributed by atoms with Crippen LogP contribution >= 0.6 is 0 Å². The fourth-order valence-electron chi connectivity index (χ4n) is 6.08. The molecule has 2 aromatic rings. The number of carbonyl (C=O) groups excluding carboxylic acids is 2. The van der Waals surface area contributed by atoms with Gasteiger partial charge in [0.15, 0.2) is 6.61 Å². The lowest BCUT2D eigenvalue weighted by Crippen LogP contribution is -2.48. The topological polar surface area (TPSA) is 90.3 Å². The molecule has 2 aliphatic carbocycles. The van der Waals surface area contributed by atoms with Gasteiger partial charge in [0.1, 0.15) is 5.82 Å². The Morgan fingerprint density at radius 3 is 2.81 bits per heavy atom. The molecule has 1 aromatic carbocycles. The number of rotatable bonds is 4. The van der Waals surface area contributed by atoms with Crippen molar-refractivity contribution in [3.05, 3.63) is 39.9 Å². The third-order valence-electron chi connectivity index (χ3n) is 8.52. The Labute approximate surface area is 181 Å². The van der Waals surface area contributed by atoms with Crippen molar-refractivity contribution in [3.8, 4) is 0 Å². The summed E-state index contributed by atoms with van der Waals surface area (Å²) in [6.45, 7) is 7.23. The number of nitrogens with zero attached hydrogens (tertiary/aromatic N) is 2. The molecule has 164 valence electrons. The van der Waals surface area contributed by atoms with Gasteiger partial charge >= 0.3 is 5.97 Å². The maximum atomic E-state index is 12.6. The van der Waals surface area contributed by atoms with Crippen LogP contribution in [0, 0.1) is 16.7 Å². The van der Waals surface area contributed by atoms with Crippen LogP contribution in [-0.4, -0.2) is 34.1 Å². The van der Waals surface area contributed by atoms with Crippen LogP contribution in [0.5, 0.6) is 0 Å². The average Bonchev–Trinajstić information content (AvgIpc) is 3.34. The minimum absolute atomic E-state index is 0.0703. The van der Waals surface area contributed by atoms with Crippen LogP contribution in [0.2, 0.25) is 0 Å². The van der Waals surface area contributed by atoms with Gasteiger partial charge in [0.2, 0.25) is 0 Å². The zero-order chi connectivity index (χ0) is 22.0. The van der Waals surface area contributed by atoms with E-state index in [9.17, 15) is 14.4 Å². The molecule has 0 radical (unpaired) electrons. The normalized spacial score (nSPS) is 28.0. The van der Waals surface area contributed by atoms with Gasteiger partial charge < -0.3 is 10.1 Å². The monoisotopic (exact) mass is 423 g/mol. The highest BCUT2D eigenvalue weighted by Gasteiger charge is 2.61. The summed E-state index contributed by atoms with van der Waals surface area (Å²) in [6.07, 6.45) is 4.98. The van der Waals surface area contributed by atoms with Gasteiger partial charge in [0.05, 0.1) is 16.5 Å². The highest BCUT2D eigenvalue weighted by molar-refractivity contribution is 5.95. The first-order chi connectivity index (χ1) is 14.7. The van der Waals surface area contributed by atoms with Gasteiger partial charge in [-0.25, -0.2) is 9.78 Å². The summed E-state index contributed by atoms with van der Waals surface area (Å²) in [4.78, 5) is 42.1. The molecule has 2 fully saturated rings. The lowest BCUT2D eigenvalue weighted by atomic mass is 9.69. The number of amides is 1. The molecule has 2 saturated carbocycles. The number of ether oxygens (including phenoxy) is 1. The molecule has 1 amide bonds. The van der Waals surface area contributed by atoms with Gasteiger partial charge in [-0.1, -0.05) is 20.8 Å². The van der Waals surface area contributed by atoms with E-state index in [1.807, 2.05) is 0 Å². The highest BCUT2D eigenvalue weighted by Crippen LogP contribution is 2.65. The lowest BCUT2D eigenvalue weighted by Gasteiger charge is -2.39. The zero-order valence-corrected chi connectivity index (χ0v) is 18.4. The second-order valence-electron chi connectivity index (χ2n) is 10.1. The van der Waals surface area contributed by atoms with Crippen molar-refractivity contribution >= 4 is 22.8 Å². The standard InChI is InChI=1S/C24H29N3O4/c1-23(2)15-8-9-24(23,3)18(12-15)26-20(28)13-31-22(30)14-6-7-16-17(11-14)25-19-5-4-10-27(19)21(16)29/h6-7,11,15,18H,4-5,8-10,12-13H2,1-3H3,(H,26,28). The van der Waals surface area contributed by atoms with E-state index in [-0.39, 0.29) is 34.9 Å². The van der Waals surface area contributed by atoms with E-state index in [1.165, 1.54) is 6.42 Å². The molecule has 1 N–H and O–H groups in total. The number of esters is 1. The molecule has 0 spiro atoms. The first-order valence-corrected chi connectivity index (χ1v) is 11.2. The molecular formula is C24H29N3O4. The summed E-state index contributed by atoms with van der Waals surface area (Å²) in [5, 5.41) is 3.60. The largest absolute Gasteiger partial charge is 0.452 e. The van der Waals surface area contributed by atoms with Crippen molar-refractivity contribution in [3.63, 3.8) is 0 Å². The molecule has 1 aliphatic heterocycles. The van der Waals surface area contributed by atoms with Crippen LogP contribution < -0.4 is 10.9 Å². The first-order valence-electron chi connectivity index (χ1n) is 11.2. The second-order valence-corrected chi connectivity index (χ2v) is 10.1. The summed E-state index contributed by atoms with van der Waals surface area (Å²) in [5.41, 5.74) is 1.00. The van der Waals surface area contributed by atoms with Gasteiger partial charge in [-0.3, -0.25) is 14.2 Å². The molecule has 3 aliphatic rings. The van der Waals surface area contributed by atoms with E-state index in [1.54, 1.807) is 22.8 Å². The van der Waals surface area contributed by atoms with Crippen molar-refractivity contribution in [2.45, 2.75) is 65.5 Å². The average molecular weight is 424 g/mol. The molecule has 7 heteroatoms. The number of benzene rings is 1. The SMILES string of the molecule is CC1(C)C2CCC1(C)C(NC(=O)COC(=O)c1ccc3c(=O)n4c(nc3c1)CCC4)C2. The van der Waals surface area contributed by atoms with Crippen LogP contribution in [0.1, 0.15) is 62.6 Å². The lowest BCUT2D eigenvalue weighted by molar-refractivity contribution is -0.126. The Kier molecular flexibility index (Phi) is 4.50. The third-order valence-corrected chi connectivity index (χ3v) is 8.52. The third kappa shape index (κ3) is 3.00. The van der Waals surface area contributed by atoms with E-state index in [0.29, 0.717) is 28.9 Å². The number of aryl methyl sites for hydroxylation is 1. The van der Waals surface area contributed by atoms with Crippen LogP contribution in [0.15, 0.2) is 23.0 Å². The van der Waals surface area contributed by atoms with Crippen LogP contribution in [-0.2, 0) is 22.5 Å². The molecule has 1 aromatic heterocycles. The Hall–Kier alpha value is -2.70. The minimum atomic E-state index is -0.584. The number of carbonyl (C=O) groups is 2. The maximum absolute atomic E-state index is 12.6. The molecule has 7 nitrogen and oxygen atoms in total. The van der Waals surface area contributed by atoms with E-state index in [2.05, 4.69) is 31.1 Å². The maximum Gasteiger partial charge on any atom is 0.338 e. The van der Waals surface area contributed by atoms with Crippen molar-refractivity contribution in [1.29, 1.82) is 0 Å². The van der Waals surface area contributed by atoms with E-state index >= 15 is 0 Å². The van der Waals surface area contributed by atoms with Crippen molar-refractivity contribution < 1.29 is 14.3 Å². The first kappa shape index (κ1) is 20.2. The molecular weight excluding hydrogens is 394 g/mol. The molecule has 3 atom stereocenters. The van der Waals surface area contributed by atoms with Gasteiger partial charge in [-0.2, -0.15) is 0 Å². The van der Waals surface area contributed by atoms with Crippen LogP contribution in [0.3, 0.4) is 0 Å². The second kappa shape index (κ2) is 6.90. The predicted molar refractivity (Wildman–Crippen MR) is 116 cm³/mol. The summed E-state index contributed by atoms with van der Waals surface area (Å²) < 4.78 is 6.97. The Morgan fingerprint density at radius 2 is 2.10 bits per heavy atom. The van der Waals surface area contributed by atoms with Gasteiger partial charge in [-0.15, -0.1) is 0 Å². The van der Waals surface area contributed by atoms with Gasteiger partial charge in [0.25, 0.3) is 11.5 Å². The Bertz CT molecular complexity index is 1150. The smallest absolute Gasteiger partial charge is 0.338 e. The molecule has 31 heavy (non-hydrogen) atoms. The Balaban J connectivity index is 1.25. The number of fused-ring (bicyclic) bond motifs is 4. The fourth-order valence-corrected chi connectivity index (χ4v) is 6.08. The quantitative estimate of drug-likeness (QED) is 0.764. The molecule has 0 saturated heterocycles. The predicted octanol–water partition coefficient (Wildman–Crippen LogP) is 2.83. The summed E-state index contributed by atoms with van der Waals surface area (Å²) in [6, 6.07) is 4.88. The number of nitrogens with one attached hydrogen (secondary N) is 1. The molecule has 3 unspecified atom stereocenters. The Morgan fingerprint density at radius 1 is 1.29 bits per heavy atom. The minimum Gasteiger partial charge on any atom is -0.452 e. The zero-order valence-electron chi connectivity index (χ0n) is 18.4. The highest BCUT2D eigenvalue weighted by atomic mass is 16.5. The molecule has 5 rings (SSSR count). The van der Waals surface area contributed by atoms with Crippen molar-refractivity contribution in [2.75, 3.05) is 6.61 Å². The summed E-state index contributed by atoms with van der Waals surface area (Å²) >= 11 is 0. The van der Waals surface area contributed by atoms with Crippen molar-refractivity contribution in [2.24, 2.45) is 16.7 Å². The van der Waals surface area contributed by atoms with E-state index < -0.39 is 5.97 Å². The fraction of sp³-hybridized carbons (Fsp3) is 0.583. The van der Waals surface area contributed by atoms with Crippen molar-refractivity contribution in [1.82, 2.24) is 14.9 Å². The van der Waals surface area contributed by atoms with Gasteiger partial charge in [-0.05, 0) is 60.6 Å². The summed E-state index contributed by atoms with van der Waals surface area (Å²) in [5.74, 6) is 0.530. The molecule has 2 bridgehead atoms. The number of hydrogen-bond donors (Lipinski definition) is 1. The van der Waals surface area contributed by atoms with Crippen LogP contribution in [0.25, 0.3) is 10.9 Å². The number of aromatic nitrogens is 2.